The Kier molecular flexibility index (Phi) is 4.89. The predicted molar refractivity (Wildman–Crippen MR) is 81.5 cm³/mol. The van der Waals surface area contributed by atoms with Gasteiger partial charge < -0.3 is 4.74 Å². The normalized spacial score (nSPS) is 11.7. The van der Waals surface area contributed by atoms with Gasteiger partial charge in [0.15, 0.2) is 0 Å². The Morgan fingerprint density at radius 1 is 1.15 bits per heavy atom. The van der Waals surface area contributed by atoms with Crippen LogP contribution in [0.1, 0.15) is 17.0 Å². The minimum absolute atomic E-state index is 0.298. The molecule has 4 heteroatoms. The Hall–Kier alpha value is -1.69. The first-order valence-electron chi connectivity index (χ1n) is 6.11. The number of halogens is 2. The average molecular weight is 306 g/mol. The lowest BCUT2D eigenvalue weighted by Crippen LogP contribution is -2.01. The molecule has 2 aromatic carbocycles. The molecule has 0 bridgehead atoms. The molecule has 0 heterocycles. The molecule has 0 unspecified atom stereocenters. The van der Waals surface area contributed by atoms with Crippen LogP contribution in [0.2, 0.25) is 10.0 Å². The summed E-state index contributed by atoms with van der Waals surface area (Å²) in [7, 11) is 1.63. The molecule has 102 valence electrons. The van der Waals surface area contributed by atoms with Crippen molar-refractivity contribution in [3.05, 3.63) is 63.6 Å². The van der Waals surface area contributed by atoms with Crippen molar-refractivity contribution in [2.45, 2.75) is 12.3 Å². The van der Waals surface area contributed by atoms with Crippen LogP contribution in [0.3, 0.4) is 0 Å². The largest absolute Gasteiger partial charge is 0.497 e. The number of rotatable bonds is 4. The van der Waals surface area contributed by atoms with Crippen LogP contribution in [0, 0.1) is 11.3 Å². The monoisotopic (exact) mass is 305 g/mol. The molecule has 0 aliphatic heterocycles. The van der Waals surface area contributed by atoms with E-state index in [0.717, 1.165) is 16.9 Å². The van der Waals surface area contributed by atoms with Crippen LogP contribution in [0.5, 0.6) is 5.75 Å². The molecule has 0 N–H and O–H groups in total. The highest BCUT2D eigenvalue weighted by Crippen LogP contribution is 2.29. The fourth-order valence-corrected chi connectivity index (χ4v) is 2.55. The van der Waals surface area contributed by atoms with E-state index in [0.29, 0.717) is 16.5 Å². The molecule has 0 aliphatic carbocycles. The first-order chi connectivity index (χ1) is 9.63. The Balaban J connectivity index is 2.22. The molecular formula is C16H13Cl2NO. The Morgan fingerprint density at radius 3 is 2.40 bits per heavy atom. The minimum atomic E-state index is -0.298. The van der Waals surface area contributed by atoms with Gasteiger partial charge in [-0.2, -0.15) is 5.26 Å². The van der Waals surface area contributed by atoms with E-state index in [1.54, 1.807) is 19.2 Å². The van der Waals surface area contributed by atoms with Crippen LogP contribution in [0.4, 0.5) is 0 Å². The molecule has 0 fully saturated rings. The van der Waals surface area contributed by atoms with Gasteiger partial charge in [-0.15, -0.1) is 0 Å². The summed E-state index contributed by atoms with van der Waals surface area (Å²) in [4.78, 5) is 0. The number of nitriles is 1. The first kappa shape index (κ1) is 14.7. The molecule has 20 heavy (non-hydrogen) atoms. The van der Waals surface area contributed by atoms with Crippen LogP contribution in [-0.2, 0) is 6.42 Å². The maximum absolute atomic E-state index is 9.37. The SMILES string of the molecule is COc1ccc(C[C@@H](C#N)c2ccc(Cl)cc2Cl)cc1. The summed E-state index contributed by atoms with van der Waals surface area (Å²) < 4.78 is 5.12. The van der Waals surface area contributed by atoms with Crippen LogP contribution in [-0.4, -0.2) is 7.11 Å². The Morgan fingerprint density at radius 2 is 1.85 bits per heavy atom. The number of nitrogens with zero attached hydrogens (tertiary/aromatic N) is 1. The standard InChI is InChI=1S/C16H13Cl2NO/c1-20-14-5-2-11(3-6-14)8-12(10-19)15-7-4-13(17)9-16(15)18/h2-7,9,12H,8H2,1H3/t12-/m0/s1. The van der Waals surface area contributed by atoms with Gasteiger partial charge in [-0.3, -0.25) is 0 Å². The lowest BCUT2D eigenvalue weighted by Gasteiger charge is -2.12. The number of ether oxygens (including phenoxy) is 1. The second-order valence-corrected chi connectivity index (χ2v) is 5.24. The van der Waals surface area contributed by atoms with Crippen molar-refractivity contribution in [1.82, 2.24) is 0 Å². The van der Waals surface area contributed by atoms with Crippen molar-refractivity contribution in [2.24, 2.45) is 0 Å². The van der Waals surface area contributed by atoms with Gasteiger partial charge in [0.05, 0.1) is 19.1 Å². The van der Waals surface area contributed by atoms with E-state index >= 15 is 0 Å². The average Bonchev–Trinajstić information content (AvgIpc) is 2.46. The third-order valence-corrected chi connectivity index (χ3v) is 3.66. The topological polar surface area (TPSA) is 33.0 Å². The highest BCUT2D eigenvalue weighted by Gasteiger charge is 2.15. The summed E-state index contributed by atoms with van der Waals surface area (Å²) in [5.41, 5.74) is 1.86. The second-order valence-electron chi connectivity index (χ2n) is 4.40. The first-order valence-corrected chi connectivity index (χ1v) is 6.87. The molecule has 2 rings (SSSR count). The van der Waals surface area contributed by atoms with Crippen molar-refractivity contribution in [3.8, 4) is 11.8 Å². The number of benzene rings is 2. The minimum Gasteiger partial charge on any atom is -0.497 e. The van der Waals surface area contributed by atoms with E-state index in [2.05, 4.69) is 6.07 Å². The molecule has 0 aliphatic rings. The van der Waals surface area contributed by atoms with E-state index in [4.69, 9.17) is 27.9 Å². The fourth-order valence-electron chi connectivity index (χ4n) is 2.01. The van der Waals surface area contributed by atoms with Crippen molar-refractivity contribution < 1.29 is 4.74 Å². The van der Waals surface area contributed by atoms with Gasteiger partial charge >= 0.3 is 0 Å². The van der Waals surface area contributed by atoms with Gasteiger partial charge in [-0.25, -0.2) is 0 Å². The zero-order valence-electron chi connectivity index (χ0n) is 10.9. The number of hydrogen-bond acceptors (Lipinski definition) is 2. The van der Waals surface area contributed by atoms with E-state index < -0.39 is 0 Å². The van der Waals surface area contributed by atoms with Gasteiger partial charge in [0.25, 0.3) is 0 Å². The van der Waals surface area contributed by atoms with Crippen LogP contribution < -0.4 is 4.74 Å². The lowest BCUT2D eigenvalue weighted by atomic mass is 9.93. The number of methoxy groups -OCH3 is 1. The molecule has 0 saturated carbocycles. The third kappa shape index (κ3) is 3.45. The summed E-state index contributed by atoms with van der Waals surface area (Å²) in [6, 6.07) is 15.2. The van der Waals surface area contributed by atoms with Gasteiger partial charge in [0.2, 0.25) is 0 Å². The quantitative estimate of drug-likeness (QED) is 0.808. The summed E-state index contributed by atoms with van der Waals surface area (Å²) in [5, 5.41) is 10.5. The molecule has 1 atom stereocenters. The Bertz CT molecular complexity index is 632. The van der Waals surface area contributed by atoms with Crippen LogP contribution in [0.15, 0.2) is 42.5 Å². The van der Waals surface area contributed by atoms with E-state index in [-0.39, 0.29) is 5.92 Å². The second kappa shape index (κ2) is 6.65. The smallest absolute Gasteiger partial charge is 0.118 e. The van der Waals surface area contributed by atoms with Crippen molar-refractivity contribution in [3.63, 3.8) is 0 Å². The third-order valence-electron chi connectivity index (χ3n) is 3.09. The Labute approximate surface area is 128 Å². The molecule has 0 radical (unpaired) electrons. The van der Waals surface area contributed by atoms with Crippen molar-refractivity contribution >= 4 is 23.2 Å². The van der Waals surface area contributed by atoms with Gasteiger partial charge in [0.1, 0.15) is 5.75 Å². The zero-order chi connectivity index (χ0) is 14.5. The molecule has 0 spiro atoms. The summed E-state index contributed by atoms with van der Waals surface area (Å²) in [6.45, 7) is 0. The fraction of sp³-hybridized carbons (Fsp3) is 0.188. The zero-order valence-corrected chi connectivity index (χ0v) is 12.4. The summed E-state index contributed by atoms with van der Waals surface area (Å²) >= 11 is 12.0. The molecule has 0 saturated heterocycles. The molecular weight excluding hydrogens is 293 g/mol. The molecule has 2 nitrogen and oxygen atoms in total. The lowest BCUT2D eigenvalue weighted by molar-refractivity contribution is 0.414. The van der Waals surface area contributed by atoms with Crippen LogP contribution in [0.25, 0.3) is 0 Å². The highest BCUT2D eigenvalue weighted by molar-refractivity contribution is 6.35. The maximum Gasteiger partial charge on any atom is 0.118 e. The summed E-state index contributed by atoms with van der Waals surface area (Å²) in [6.07, 6.45) is 0.599. The molecule has 0 aromatic heterocycles. The molecule has 2 aromatic rings. The predicted octanol–water partition coefficient (Wildman–Crippen LogP) is 4.85. The number of hydrogen-bond donors (Lipinski definition) is 0. The van der Waals surface area contributed by atoms with E-state index in [1.807, 2.05) is 30.3 Å². The maximum atomic E-state index is 9.37. The highest BCUT2D eigenvalue weighted by atomic mass is 35.5. The van der Waals surface area contributed by atoms with Gasteiger partial charge in [-0.1, -0.05) is 41.4 Å². The van der Waals surface area contributed by atoms with Crippen molar-refractivity contribution in [1.29, 1.82) is 5.26 Å². The molecule has 0 amide bonds. The summed E-state index contributed by atoms with van der Waals surface area (Å²) in [5.74, 6) is 0.500. The van der Waals surface area contributed by atoms with Gasteiger partial charge in [-0.05, 0) is 41.8 Å². The van der Waals surface area contributed by atoms with E-state index in [1.165, 1.54) is 0 Å². The van der Waals surface area contributed by atoms with Crippen LogP contribution >= 0.6 is 23.2 Å². The van der Waals surface area contributed by atoms with Gasteiger partial charge in [0, 0.05) is 10.0 Å². The van der Waals surface area contributed by atoms with Crippen molar-refractivity contribution in [2.75, 3.05) is 7.11 Å². The van der Waals surface area contributed by atoms with E-state index in [9.17, 15) is 5.26 Å².